The van der Waals surface area contributed by atoms with Crippen LogP contribution in [0.2, 0.25) is 0 Å². The number of aromatic nitrogens is 2. The lowest BCUT2D eigenvalue weighted by Gasteiger charge is -2.09. The zero-order valence-electron chi connectivity index (χ0n) is 15.9. The molecule has 0 unspecified atom stereocenters. The second-order valence-electron chi connectivity index (χ2n) is 6.68. The molecule has 0 aliphatic rings. The van der Waals surface area contributed by atoms with Gasteiger partial charge in [-0.05, 0) is 61.1 Å². The van der Waals surface area contributed by atoms with Gasteiger partial charge in [-0.2, -0.15) is 0 Å². The summed E-state index contributed by atoms with van der Waals surface area (Å²) in [7, 11) is 0. The lowest BCUT2D eigenvalue weighted by atomic mass is 10.1. The SMILES string of the molecule is Cc1ccc(CNC(=O)c2ccc(CNc3nc(=S)[nH]c4ccccc34)cc2)o1. The molecule has 3 N–H and O–H groups in total. The Balaban J connectivity index is 1.40. The van der Waals surface area contributed by atoms with Crippen LogP contribution in [0.4, 0.5) is 5.82 Å². The molecule has 7 heteroatoms. The number of benzene rings is 2. The fourth-order valence-electron chi connectivity index (χ4n) is 3.05. The number of fused-ring (bicyclic) bond motifs is 1. The molecular weight excluding hydrogens is 384 g/mol. The van der Waals surface area contributed by atoms with Crippen molar-refractivity contribution in [3.05, 3.63) is 88.1 Å². The third-order valence-electron chi connectivity index (χ3n) is 4.53. The van der Waals surface area contributed by atoms with Crippen molar-refractivity contribution in [2.24, 2.45) is 0 Å². The van der Waals surface area contributed by atoms with Gasteiger partial charge in [0.1, 0.15) is 17.3 Å². The third kappa shape index (κ3) is 4.52. The lowest BCUT2D eigenvalue weighted by Crippen LogP contribution is -2.22. The van der Waals surface area contributed by atoms with E-state index < -0.39 is 0 Å². The zero-order valence-corrected chi connectivity index (χ0v) is 16.7. The molecule has 29 heavy (non-hydrogen) atoms. The summed E-state index contributed by atoms with van der Waals surface area (Å²) in [5, 5.41) is 7.17. The highest BCUT2D eigenvalue weighted by molar-refractivity contribution is 7.71. The lowest BCUT2D eigenvalue weighted by molar-refractivity contribution is 0.0948. The normalized spacial score (nSPS) is 10.8. The van der Waals surface area contributed by atoms with Crippen molar-refractivity contribution in [3.8, 4) is 0 Å². The summed E-state index contributed by atoms with van der Waals surface area (Å²) < 4.78 is 5.90. The summed E-state index contributed by atoms with van der Waals surface area (Å²) in [6, 6.07) is 19.1. The number of para-hydroxylation sites is 1. The van der Waals surface area contributed by atoms with E-state index in [4.69, 9.17) is 16.6 Å². The Morgan fingerprint density at radius 1 is 1.07 bits per heavy atom. The van der Waals surface area contributed by atoms with E-state index in [1.165, 1.54) is 0 Å². The smallest absolute Gasteiger partial charge is 0.251 e. The van der Waals surface area contributed by atoms with Crippen molar-refractivity contribution in [1.29, 1.82) is 0 Å². The molecule has 4 aromatic rings. The topological polar surface area (TPSA) is 83.0 Å². The average molecular weight is 404 g/mol. The summed E-state index contributed by atoms with van der Waals surface area (Å²) in [6.45, 7) is 2.81. The van der Waals surface area contributed by atoms with Gasteiger partial charge < -0.3 is 20.0 Å². The van der Waals surface area contributed by atoms with Crippen molar-refractivity contribution in [2.45, 2.75) is 20.0 Å². The van der Waals surface area contributed by atoms with Crippen LogP contribution in [0.5, 0.6) is 0 Å². The predicted molar refractivity (Wildman–Crippen MR) is 115 cm³/mol. The molecule has 0 radical (unpaired) electrons. The molecule has 146 valence electrons. The van der Waals surface area contributed by atoms with Crippen LogP contribution in [0.15, 0.2) is 65.1 Å². The number of hydrogen-bond donors (Lipinski definition) is 3. The quantitative estimate of drug-likeness (QED) is 0.405. The van der Waals surface area contributed by atoms with E-state index in [1.54, 1.807) is 0 Å². The van der Waals surface area contributed by atoms with Gasteiger partial charge in [-0.25, -0.2) is 4.98 Å². The van der Waals surface area contributed by atoms with Crippen LogP contribution < -0.4 is 10.6 Å². The highest BCUT2D eigenvalue weighted by atomic mass is 32.1. The number of carbonyl (C=O) groups is 1. The number of nitrogens with one attached hydrogen (secondary N) is 3. The first-order chi connectivity index (χ1) is 14.1. The number of nitrogens with zero attached hydrogens (tertiary/aromatic N) is 1. The van der Waals surface area contributed by atoms with Crippen molar-refractivity contribution in [3.63, 3.8) is 0 Å². The van der Waals surface area contributed by atoms with E-state index >= 15 is 0 Å². The van der Waals surface area contributed by atoms with Gasteiger partial charge in [-0.15, -0.1) is 0 Å². The highest BCUT2D eigenvalue weighted by Gasteiger charge is 2.08. The first-order valence-electron chi connectivity index (χ1n) is 9.24. The molecule has 0 spiro atoms. The second-order valence-corrected chi connectivity index (χ2v) is 7.07. The van der Waals surface area contributed by atoms with Gasteiger partial charge in [0.25, 0.3) is 5.91 Å². The highest BCUT2D eigenvalue weighted by Crippen LogP contribution is 2.19. The van der Waals surface area contributed by atoms with Gasteiger partial charge in [0.2, 0.25) is 0 Å². The molecule has 2 aromatic carbocycles. The molecule has 0 saturated heterocycles. The van der Waals surface area contributed by atoms with Gasteiger partial charge in [0.15, 0.2) is 4.77 Å². The second kappa shape index (κ2) is 8.28. The zero-order chi connectivity index (χ0) is 20.2. The van der Waals surface area contributed by atoms with Gasteiger partial charge in [0.05, 0.1) is 12.1 Å². The molecule has 0 atom stereocenters. The monoisotopic (exact) mass is 404 g/mol. The maximum absolute atomic E-state index is 12.3. The van der Waals surface area contributed by atoms with Crippen LogP contribution in [0.1, 0.15) is 27.4 Å². The molecule has 0 aliphatic heterocycles. The fourth-order valence-corrected chi connectivity index (χ4v) is 3.25. The van der Waals surface area contributed by atoms with Crippen LogP contribution >= 0.6 is 12.2 Å². The summed E-state index contributed by atoms with van der Waals surface area (Å²) in [5.41, 5.74) is 2.57. The van der Waals surface area contributed by atoms with Crippen LogP contribution in [0, 0.1) is 11.7 Å². The van der Waals surface area contributed by atoms with Gasteiger partial charge in [-0.3, -0.25) is 4.79 Å². The summed E-state index contributed by atoms with van der Waals surface area (Å²) in [5.74, 6) is 2.16. The average Bonchev–Trinajstić information content (AvgIpc) is 3.15. The Morgan fingerprint density at radius 3 is 2.62 bits per heavy atom. The Labute approximate surface area is 173 Å². The fraction of sp³-hybridized carbons (Fsp3) is 0.136. The first kappa shape index (κ1) is 18.9. The predicted octanol–water partition coefficient (Wildman–Crippen LogP) is 4.74. The molecule has 0 saturated carbocycles. The molecule has 1 amide bonds. The van der Waals surface area contributed by atoms with Gasteiger partial charge in [0, 0.05) is 17.5 Å². The largest absolute Gasteiger partial charge is 0.465 e. The Bertz CT molecular complexity index is 1210. The Morgan fingerprint density at radius 2 is 1.86 bits per heavy atom. The number of furan rings is 1. The van der Waals surface area contributed by atoms with Crippen LogP contribution in [-0.2, 0) is 13.1 Å². The van der Waals surface area contributed by atoms with E-state index in [-0.39, 0.29) is 5.91 Å². The number of anilines is 1. The number of rotatable bonds is 6. The molecule has 2 heterocycles. The number of aromatic amines is 1. The summed E-state index contributed by atoms with van der Waals surface area (Å²) >= 11 is 5.21. The maximum atomic E-state index is 12.3. The van der Waals surface area contributed by atoms with E-state index in [0.717, 1.165) is 33.8 Å². The molecule has 6 nitrogen and oxygen atoms in total. The number of hydrogen-bond acceptors (Lipinski definition) is 5. The van der Waals surface area contributed by atoms with E-state index in [1.807, 2.05) is 67.6 Å². The standard InChI is InChI=1S/C22H20N4O2S/c1-14-6-11-17(28-14)13-24-21(27)16-9-7-15(8-10-16)12-23-20-18-4-2-3-5-19(18)25-22(29)26-20/h2-11H,12-13H2,1H3,(H,24,27)(H2,23,25,26,29). The van der Waals surface area contributed by atoms with E-state index in [0.29, 0.717) is 23.4 Å². The van der Waals surface area contributed by atoms with Crippen molar-refractivity contribution < 1.29 is 9.21 Å². The van der Waals surface area contributed by atoms with Crippen molar-refractivity contribution >= 4 is 34.8 Å². The number of amides is 1. The van der Waals surface area contributed by atoms with Crippen molar-refractivity contribution in [2.75, 3.05) is 5.32 Å². The van der Waals surface area contributed by atoms with Gasteiger partial charge in [-0.1, -0.05) is 24.3 Å². The molecule has 4 rings (SSSR count). The summed E-state index contributed by atoms with van der Waals surface area (Å²) in [4.78, 5) is 19.8. The number of H-pyrrole nitrogens is 1. The van der Waals surface area contributed by atoms with Crippen LogP contribution in [0.25, 0.3) is 10.9 Å². The van der Waals surface area contributed by atoms with Gasteiger partial charge >= 0.3 is 0 Å². The molecule has 0 bridgehead atoms. The van der Waals surface area contributed by atoms with Crippen LogP contribution in [0.3, 0.4) is 0 Å². The minimum absolute atomic E-state index is 0.138. The molecule has 0 aliphatic carbocycles. The first-order valence-corrected chi connectivity index (χ1v) is 9.65. The van der Waals surface area contributed by atoms with E-state index in [2.05, 4.69) is 20.6 Å². The molecule has 2 aromatic heterocycles. The van der Waals surface area contributed by atoms with Crippen molar-refractivity contribution in [1.82, 2.24) is 15.3 Å². The minimum atomic E-state index is -0.138. The minimum Gasteiger partial charge on any atom is -0.465 e. The Hall–Kier alpha value is -3.45. The van der Waals surface area contributed by atoms with E-state index in [9.17, 15) is 4.79 Å². The van der Waals surface area contributed by atoms with Crippen LogP contribution in [-0.4, -0.2) is 15.9 Å². The Kier molecular flexibility index (Phi) is 5.39. The number of carbonyl (C=O) groups excluding carboxylic acids is 1. The molecule has 0 fully saturated rings. The third-order valence-corrected chi connectivity index (χ3v) is 4.73. The number of aryl methyl sites for hydroxylation is 1. The summed E-state index contributed by atoms with van der Waals surface area (Å²) in [6.07, 6.45) is 0. The molecular formula is C22H20N4O2S. The maximum Gasteiger partial charge on any atom is 0.251 e.